The standard InChI is InChI=1S/C18H24N2O/c1-13-6-8-15(9-7-13)18(21)20-19-17-11-10-14-4-2-3-5-16(14)12-17/h6-9,14,16H,2-5,10-12H2,1H3,(H,20,21)/b19-17-/t14-,16-/m0/s1. The van der Waals surface area contributed by atoms with Crippen LogP contribution in [0, 0.1) is 18.8 Å². The second-order valence-electron chi connectivity index (χ2n) is 6.53. The molecule has 1 aromatic rings. The van der Waals surface area contributed by atoms with Gasteiger partial charge in [-0.05, 0) is 56.6 Å². The lowest BCUT2D eigenvalue weighted by atomic mass is 9.70. The van der Waals surface area contributed by atoms with Crippen LogP contribution < -0.4 is 5.43 Å². The SMILES string of the molecule is Cc1ccc(C(=O)N/N=C2/CC[C@@H]3CCCC[C@H]3C2)cc1. The highest BCUT2D eigenvalue weighted by Gasteiger charge is 2.30. The van der Waals surface area contributed by atoms with Gasteiger partial charge in [0.2, 0.25) is 0 Å². The molecule has 0 unspecified atom stereocenters. The molecule has 3 heteroatoms. The minimum atomic E-state index is -0.103. The second-order valence-corrected chi connectivity index (χ2v) is 6.53. The van der Waals surface area contributed by atoms with Crippen molar-refractivity contribution >= 4 is 11.6 Å². The van der Waals surface area contributed by atoms with E-state index < -0.39 is 0 Å². The minimum absolute atomic E-state index is 0.103. The van der Waals surface area contributed by atoms with Crippen molar-refractivity contribution < 1.29 is 4.79 Å². The van der Waals surface area contributed by atoms with E-state index in [0.29, 0.717) is 5.56 Å². The fourth-order valence-electron chi connectivity index (χ4n) is 3.69. The average Bonchev–Trinajstić information content (AvgIpc) is 2.53. The topological polar surface area (TPSA) is 41.5 Å². The van der Waals surface area contributed by atoms with Crippen LogP contribution in [0.25, 0.3) is 0 Å². The molecule has 0 radical (unpaired) electrons. The van der Waals surface area contributed by atoms with Crippen molar-refractivity contribution in [1.82, 2.24) is 5.43 Å². The van der Waals surface area contributed by atoms with Crippen molar-refractivity contribution in [1.29, 1.82) is 0 Å². The van der Waals surface area contributed by atoms with Gasteiger partial charge in [0.15, 0.2) is 0 Å². The molecule has 0 aliphatic heterocycles. The molecule has 2 saturated carbocycles. The molecule has 0 saturated heterocycles. The lowest BCUT2D eigenvalue weighted by molar-refractivity contribution is 0.0954. The van der Waals surface area contributed by atoms with Crippen LogP contribution in [0.2, 0.25) is 0 Å². The molecule has 2 fully saturated rings. The number of carbonyl (C=O) groups is 1. The summed E-state index contributed by atoms with van der Waals surface area (Å²) in [6.45, 7) is 2.02. The molecule has 0 spiro atoms. The summed E-state index contributed by atoms with van der Waals surface area (Å²) in [4.78, 5) is 12.1. The maximum absolute atomic E-state index is 12.1. The highest BCUT2D eigenvalue weighted by atomic mass is 16.2. The highest BCUT2D eigenvalue weighted by molar-refractivity contribution is 5.95. The number of benzene rings is 1. The summed E-state index contributed by atoms with van der Waals surface area (Å²) in [6.07, 6.45) is 8.89. The Morgan fingerprint density at radius 3 is 2.57 bits per heavy atom. The normalized spacial score (nSPS) is 27.2. The van der Waals surface area contributed by atoms with E-state index in [1.165, 1.54) is 37.8 Å². The molecule has 0 heterocycles. The number of fused-ring (bicyclic) bond motifs is 1. The van der Waals surface area contributed by atoms with Gasteiger partial charge in [-0.2, -0.15) is 5.10 Å². The molecule has 1 amide bonds. The Hall–Kier alpha value is -1.64. The van der Waals surface area contributed by atoms with Gasteiger partial charge in [-0.1, -0.05) is 37.0 Å². The average molecular weight is 284 g/mol. The number of rotatable bonds is 2. The zero-order valence-electron chi connectivity index (χ0n) is 12.8. The number of carbonyl (C=O) groups excluding carboxylic acids is 1. The van der Waals surface area contributed by atoms with E-state index >= 15 is 0 Å². The van der Waals surface area contributed by atoms with E-state index in [1.54, 1.807) is 0 Å². The van der Waals surface area contributed by atoms with Gasteiger partial charge >= 0.3 is 0 Å². The predicted molar refractivity (Wildman–Crippen MR) is 85.4 cm³/mol. The number of hydrazone groups is 1. The third kappa shape index (κ3) is 3.52. The van der Waals surface area contributed by atoms with Crippen molar-refractivity contribution in [2.75, 3.05) is 0 Å². The van der Waals surface area contributed by atoms with Gasteiger partial charge in [0.05, 0.1) is 0 Å². The first-order valence-corrected chi connectivity index (χ1v) is 8.15. The molecule has 112 valence electrons. The van der Waals surface area contributed by atoms with Crippen LogP contribution in [0.4, 0.5) is 0 Å². The first kappa shape index (κ1) is 14.3. The largest absolute Gasteiger partial charge is 0.271 e. The first-order chi connectivity index (χ1) is 10.2. The van der Waals surface area contributed by atoms with Crippen LogP contribution >= 0.6 is 0 Å². The summed E-state index contributed by atoms with van der Waals surface area (Å²) in [7, 11) is 0. The van der Waals surface area contributed by atoms with Gasteiger partial charge in [0.1, 0.15) is 0 Å². The molecule has 3 nitrogen and oxygen atoms in total. The van der Waals surface area contributed by atoms with E-state index in [1.807, 2.05) is 31.2 Å². The molecule has 0 bridgehead atoms. The Morgan fingerprint density at radius 1 is 1.10 bits per heavy atom. The van der Waals surface area contributed by atoms with Gasteiger partial charge in [0, 0.05) is 11.3 Å². The van der Waals surface area contributed by atoms with Gasteiger partial charge in [-0.3, -0.25) is 4.79 Å². The van der Waals surface area contributed by atoms with Gasteiger partial charge in [-0.15, -0.1) is 0 Å². The van der Waals surface area contributed by atoms with E-state index in [4.69, 9.17) is 0 Å². The van der Waals surface area contributed by atoms with Crippen LogP contribution in [0.3, 0.4) is 0 Å². The second kappa shape index (κ2) is 6.42. The smallest absolute Gasteiger partial charge is 0.267 e. The van der Waals surface area contributed by atoms with E-state index in [-0.39, 0.29) is 5.91 Å². The number of nitrogens with zero attached hydrogens (tertiary/aromatic N) is 1. The van der Waals surface area contributed by atoms with Crippen molar-refractivity contribution in [3.8, 4) is 0 Å². The summed E-state index contributed by atoms with van der Waals surface area (Å²) >= 11 is 0. The van der Waals surface area contributed by atoms with Crippen LogP contribution in [-0.4, -0.2) is 11.6 Å². The van der Waals surface area contributed by atoms with Crippen molar-refractivity contribution in [3.05, 3.63) is 35.4 Å². The number of nitrogens with one attached hydrogen (secondary N) is 1. The van der Waals surface area contributed by atoms with Gasteiger partial charge < -0.3 is 0 Å². The quantitative estimate of drug-likeness (QED) is 0.817. The lowest BCUT2D eigenvalue weighted by Gasteiger charge is -2.35. The van der Waals surface area contributed by atoms with Crippen molar-refractivity contribution in [2.45, 2.75) is 51.9 Å². The molecule has 0 aromatic heterocycles. The summed E-state index contributed by atoms with van der Waals surface area (Å²) in [5.41, 5.74) is 5.75. The summed E-state index contributed by atoms with van der Waals surface area (Å²) in [5, 5.41) is 4.39. The maximum Gasteiger partial charge on any atom is 0.271 e. The Labute approximate surface area is 126 Å². The first-order valence-electron chi connectivity index (χ1n) is 8.15. The van der Waals surface area contributed by atoms with Crippen LogP contribution in [0.15, 0.2) is 29.4 Å². The third-order valence-corrected chi connectivity index (χ3v) is 5.00. The van der Waals surface area contributed by atoms with Gasteiger partial charge in [0.25, 0.3) is 5.91 Å². The maximum atomic E-state index is 12.1. The Balaban J connectivity index is 1.58. The van der Waals surface area contributed by atoms with Crippen LogP contribution in [0.1, 0.15) is 60.9 Å². The predicted octanol–water partition coefficient (Wildman–Crippen LogP) is 4.07. The zero-order chi connectivity index (χ0) is 14.7. The Bertz CT molecular complexity index is 533. The van der Waals surface area contributed by atoms with Crippen LogP contribution in [0.5, 0.6) is 0 Å². The fraction of sp³-hybridized carbons (Fsp3) is 0.556. The monoisotopic (exact) mass is 284 g/mol. The molecule has 1 aromatic carbocycles. The number of amides is 1. The number of aryl methyl sites for hydroxylation is 1. The molecule has 2 aliphatic carbocycles. The van der Waals surface area contributed by atoms with Crippen LogP contribution in [-0.2, 0) is 0 Å². The van der Waals surface area contributed by atoms with Gasteiger partial charge in [-0.25, -0.2) is 5.43 Å². The lowest BCUT2D eigenvalue weighted by Crippen LogP contribution is -2.29. The number of hydrogen-bond acceptors (Lipinski definition) is 2. The van der Waals surface area contributed by atoms with E-state index in [9.17, 15) is 4.79 Å². The van der Waals surface area contributed by atoms with Crippen molar-refractivity contribution in [2.24, 2.45) is 16.9 Å². The fourth-order valence-corrected chi connectivity index (χ4v) is 3.69. The van der Waals surface area contributed by atoms with Crippen molar-refractivity contribution in [3.63, 3.8) is 0 Å². The summed E-state index contributed by atoms with van der Waals surface area (Å²) in [5.74, 6) is 1.61. The Kier molecular flexibility index (Phi) is 4.37. The molecule has 2 aliphatic rings. The molecule has 1 N–H and O–H groups in total. The molecule has 21 heavy (non-hydrogen) atoms. The minimum Gasteiger partial charge on any atom is -0.267 e. The molecular weight excluding hydrogens is 260 g/mol. The summed E-state index contributed by atoms with van der Waals surface area (Å²) < 4.78 is 0. The molecule has 2 atom stereocenters. The molecule has 3 rings (SSSR count). The number of hydrogen-bond donors (Lipinski definition) is 1. The third-order valence-electron chi connectivity index (χ3n) is 5.00. The molecular formula is C18H24N2O. The highest BCUT2D eigenvalue weighted by Crippen LogP contribution is 2.39. The Morgan fingerprint density at radius 2 is 1.81 bits per heavy atom. The van der Waals surface area contributed by atoms with E-state index in [2.05, 4.69) is 10.5 Å². The zero-order valence-corrected chi connectivity index (χ0v) is 12.8. The van der Waals surface area contributed by atoms with E-state index in [0.717, 1.165) is 30.2 Å². The summed E-state index contributed by atoms with van der Waals surface area (Å²) in [6, 6.07) is 7.61.